The van der Waals surface area contributed by atoms with Crippen molar-refractivity contribution < 1.29 is 14.9 Å². The Morgan fingerprint density at radius 1 is 0.974 bits per heavy atom. The lowest BCUT2D eigenvalue weighted by Crippen LogP contribution is -2.54. The Morgan fingerprint density at radius 2 is 1.74 bits per heavy atom. The van der Waals surface area contributed by atoms with Crippen LogP contribution in [-0.4, -0.2) is 29.0 Å². The number of benzene rings is 1. The molecule has 10 atom stereocenters. The third-order valence-electron chi connectivity index (χ3n) is 12.6. The van der Waals surface area contributed by atoms with Gasteiger partial charge < -0.3 is 14.9 Å². The zero-order chi connectivity index (χ0) is 27.8. The molecule has 0 amide bonds. The molecule has 0 aliphatic heterocycles. The van der Waals surface area contributed by atoms with Crippen LogP contribution in [-0.2, 0) is 11.3 Å². The lowest BCUT2D eigenvalue weighted by molar-refractivity contribution is -0.130. The smallest absolute Gasteiger partial charge is 0.0720 e. The van der Waals surface area contributed by atoms with E-state index in [0.717, 1.165) is 43.1 Å². The molecule has 2 N–H and O–H groups in total. The lowest BCUT2D eigenvalue weighted by Gasteiger charge is -2.61. The van der Waals surface area contributed by atoms with Crippen LogP contribution in [0.25, 0.3) is 0 Å². The second-order valence-electron chi connectivity index (χ2n) is 14.8. The Labute approximate surface area is 238 Å². The molecule has 3 saturated carbocycles. The summed E-state index contributed by atoms with van der Waals surface area (Å²) in [4.78, 5) is 0. The van der Waals surface area contributed by atoms with Crippen molar-refractivity contribution in [2.24, 2.45) is 52.3 Å². The molecule has 0 aromatic heterocycles. The number of hydrogen-bond donors (Lipinski definition) is 2. The van der Waals surface area contributed by atoms with Gasteiger partial charge in [-0.25, -0.2) is 0 Å². The minimum absolute atomic E-state index is 0.209. The van der Waals surface area contributed by atoms with E-state index >= 15 is 0 Å². The van der Waals surface area contributed by atoms with Crippen LogP contribution in [0.5, 0.6) is 0 Å². The van der Waals surface area contributed by atoms with Crippen LogP contribution in [0.2, 0.25) is 0 Å². The van der Waals surface area contributed by atoms with Crippen LogP contribution < -0.4 is 0 Å². The molecule has 10 unspecified atom stereocenters. The maximum Gasteiger partial charge on any atom is 0.0720 e. The zero-order valence-corrected chi connectivity index (χ0v) is 25.4. The third kappa shape index (κ3) is 5.67. The van der Waals surface area contributed by atoms with Crippen molar-refractivity contribution in [3.05, 3.63) is 47.5 Å². The van der Waals surface area contributed by atoms with Crippen LogP contribution in [0.1, 0.15) is 104 Å². The standard InChI is InChI=1S/C36H56O3/c1-24(2)27(17-20-37)21-34(38)25(3)31-13-14-32-30-12-11-28-22-29(39-23-26-9-7-6-8-10-26)15-18-35(28,4)33(30)16-19-36(31,32)5/h6-10,13,24-25,27-30,32-34,37-38H,11-12,14-23H2,1-5H3. The van der Waals surface area contributed by atoms with E-state index in [1.165, 1.54) is 56.9 Å². The maximum absolute atomic E-state index is 11.4. The highest BCUT2D eigenvalue weighted by Crippen LogP contribution is 2.67. The first-order valence-corrected chi connectivity index (χ1v) is 16.3. The molecule has 0 bridgehead atoms. The van der Waals surface area contributed by atoms with E-state index in [4.69, 9.17) is 4.74 Å². The van der Waals surface area contributed by atoms with E-state index in [1.54, 1.807) is 5.57 Å². The fourth-order valence-electron chi connectivity index (χ4n) is 10.1. The Balaban J connectivity index is 1.22. The largest absolute Gasteiger partial charge is 0.396 e. The molecule has 3 nitrogen and oxygen atoms in total. The van der Waals surface area contributed by atoms with E-state index in [0.29, 0.717) is 23.4 Å². The first kappa shape index (κ1) is 29.3. The van der Waals surface area contributed by atoms with E-state index in [2.05, 4.69) is 71.0 Å². The predicted molar refractivity (Wildman–Crippen MR) is 160 cm³/mol. The Bertz CT molecular complexity index is 971. The van der Waals surface area contributed by atoms with Gasteiger partial charge in [-0.3, -0.25) is 0 Å². The monoisotopic (exact) mass is 536 g/mol. The third-order valence-corrected chi connectivity index (χ3v) is 12.6. The number of hydrogen-bond acceptors (Lipinski definition) is 3. The van der Waals surface area contributed by atoms with Gasteiger partial charge >= 0.3 is 0 Å². The summed E-state index contributed by atoms with van der Waals surface area (Å²) in [5.41, 5.74) is 3.54. The SMILES string of the molecule is CC(C)C(CCO)CC(O)C(C)C1=CCC2C3CCC4CC(OCc5ccccc5)CCC4(C)C3CCC12C. The van der Waals surface area contributed by atoms with Crippen LogP contribution in [0.4, 0.5) is 0 Å². The summed E-state index contributed by atoms with van der Waals surface area (Å²) in [7, 11) is 0. The predicted octanol–water partition coefficient (Wildman–Crippen LogP) is 8.19. The van der Waals surface area contributed by atoms with Crippen LogP contribution >= 0.6 is 0 Å². The van der Waals surface area contributed by atoms with Gasteiger partial charge in [0.15, 0.2) is 0 Å². The van der Waals surface area contributed by atoms with Gasteiger partial charge in [-0.05, 0) is 116 Å². The molecule has 5 rings (SSSR count). The molecular weight excluding hydrogens is 480 g/mol. The molecule has 0 spiro atoms. The van der Waals surface area contributed by atoms with Crippen molar-refractivity contribution in [2.45, 2.75) is 118 Å². The molecule has 0 radical (unpaired) electrons. The number of aliphatic hydroxyl groups excluding tert-OH is 2. The summed E-state index contributed by atoms with van der Waals surface area (Å²) in [5.74, 6) is 4.28. The molecule has 1 aromatic carbocycles. The first-order valence-electron chi connectivity index (χ1n) is 16.3. The summed E-state index contributed by atoms with van der Waals surface area (Å²) in [6, 6.07) is 10.7. The minimum Gasteiger partial charge on any atom is -0.396 e. The van der Waals surface area contributed by atoms with E-state index in [-0.39, 0.29) is 24.0 Å². The van der Waals surface area contributed by atoms with Gasteiger partial charge in [0.25, 0.3) is 0 Å². The lowest BCUT2D eigenvalue weighted by atomic mass is 9.44. The highest BCUT2D eigenvalue weighted by Gasteiger charge is 2.59. The molecule has 4 aliphatic rings. The van der Waals surface area contributed by atoms with Gasteiger partial charge in [-0.2, -0.15) is 0 Å². The second-order valence-corrected chi connectivity index (χ2v) is 14.8. The molecule has 4 aliphatic carbocycles. The maximum atomic E-state index is 11.4. The van der Waals surface area contributed by atoms with Crippen molar-refractivity contribution in [3.63, 3.8) is 0 Å². The highest BCUT2D eigenvalue weighted by molar-refractivity contribution is 5.28. The Kier molecular flexibility index (Phi) is 9.01. The van der Waals surface area contributed by atoms with Gasteiger partial charge in [-0.1, -0.05) is 76.6 Å². The summed E-state index contributed by atoms with van der Waals surface area (Å²) in [6.45, 7) is 12.9. The average molecular weight is 537 g/mol. The van der Waals surface area contributed by atoms with Crippen LogP contribution in [0.3, 0.4) is 0 Å². The normalized spacial score (nSPS) is 38.4. The molecule has 39 heavy (non-hydrogen) atoms. The highest BCUT2D eigenvalue weighted by atomic mass is 16.5. The zero-order valence-electron chi connectivity index (χ0n) is 25.4. The molecule has 1 aromatic rings. The molecule has 0 heterocycles. The minimum atomic E-state index is -0.317. The van der Waals surface area contributed by atoms with Crippen molar-refractivity contribution >= 4 is 0 Å². The van der Waals surface area contributed by atoms with E-state index < -0.39 is 0 Å². The summed E-state index contributed by atoms with van der Waals surface area (Å²) in [6.07, 6.45) is 14.6. The van der Waals surface area contributed by atoms with Crippen LogP contribution in [0, 0.1) is 52.3 Å². The molecular formula is C36H56O3. The average Bonchev–Trinajstić information content (AvgIpc) is 3.28. The molecule has 218 valence electrons. The summed E-state index contributed by atoms with van der Waals surface area (Å²) >= 11 is 0. The topological polar surface area (TPSA) is 49.7 Å². The van der Waals surface area contributed by atoms with Gasteiger partial charge in [-0.15, -0.1) is 0 Å². The van der Waals surface area contributed by atoms with Crippen molar-refractivity contribution in [3.8, 4) is 0 Å². The van der Waals surface area contributed by atoms with Crippen LogP contribution in [0.15, 0.2) is 42.0 Å². The van der Waals surface area contributed by atoms with E-state index in [1.807, 2.05) is 0 Å². The Morgan fingerprint density at radius 3 is 2.46 bits per heavy atom. The van der Waals surface area contributed by atoms with Crippen molar-refractivity contribution in [1.29, 1.82) is 0 Å². The molecule has 0 saturated heterocycles. The fourth-order valence-corrected chi connectivity index (χ4v) is 10.1. The van der Waals surface area contributed by atoms with Crippen molar-refractivity contribution in [1.82, 2.24) is 0 Å². The number of aliphatic hydroxyl groups is 2. The second kappa shape index (κ2) is 12.0. The van der Waals surface area contributed by atoms with Gasteiger partial charge in [0.1, 0.15) is 0 Å². The molecule has 3 fully saturated rings. The molecule has 3 heteroatoms. The summed E-state index contributed by atoms with van der Waals surface area (Å²) < 4.78 is 6.46. The summed E-state index contributed by atoms with van der Waals surface area (Å²) in [5, 5.41) is 20.9. The number of fused-ring (bicyclic) bond motifs is 5. The fraction of sp³-hybridized carbons (Fsp3) is 0.778. The quantitative estimate of drug-likeness (QED) is 0.296. The number of ether oxygens (including phenoxy) is 1. The Hall–Kier alpha value is -1.16. The first-order chi connectivity index (χ1) is 18.7. The van der Waals surface area contributed by atoms with E-state index in [9.17, 15) is 10.2 Å². The van der Waals surface area contributed by atoms with Gasteiger partial charge in [0.2, 0.25) is 0 Å². The number of rotatable bonds is 10. The number of allylic oxidation sites excluding steroid dienone is 1. The van der Waals surface area contributed by atoms with Crippen molar-refractivity contribution in [2.75, 3.05) is 6.61 Å². The van der Waals surface area contributed by atoms with Gasteiger partial charge in [0, 0.05) is 12.5 Å². The van der Waals surface area contributed by atoms with Gasteiger partial charge in [0.05, 0.1) is 18.8 Å².